The summed E-state index contributed by atoms with van der Waals surface area (Å²) in [6, 6.07) is 8.34. The van der Waals surface area contributed by atoms with E-state index in [0.29, 0.717) is 0 Å². The second-order valence-electron chi connectivity index (χ2n) is 5.41. The van der Waals surface area contributed by atoms with Gasteiger partial charge in [0.1, 0.15) is 11.5 Å². The summed E-state index contributed by atoms with van der Waals surface area (Å²) in [5, 5.41) is 0. The number of hydrogen-bond donors (Lipinski definition) is 0. The van der Waals surface area contributed by atoms with Crippen LogP contribution < -0.4 is 0 Å². The van der Waals surface area contributed by atoms with Gasteiger partial charge in [0.15, 0.2) is 5.76 Å². The molecule has 0 saturated heterocycles. The van der Waals surface area contributed by atoms with Crippen molar-refractivity contribution in [3.63, 3.8) is 0 Å². The van der Waals surface area contributed by atoms with Gasteiger partial charge in [0.25, 0.3) is 0 Å². The number of aryl methyl sites for hydroxylation is 1. The van der Waals surface area contributed by atoms with E-state index >= 15 is 0 Å². The van der Waals surface area contributed by atoms with Crippen molar-refractivity contribution in [2.45, 2.75) is 26.6 Å². The Labute approximate surface area is 127 Å². The average Bonchev–Trinajstić information content (AvgIpc) is 3.18. The highest BCUT2D eigenvalue weighted by Crippen LogP contribution is 2.25. The van der Waals surface area contributed by atoms with Crippen molar-refractivity contribution in [3.8, 4) is 11.5 Å². The molecule has 3 aromatic rings. The predicted molar refractivity (Wildman–Crippen MR) is 83.1 cm³/mol. The largest absolute Gasteiger partial charge is 0.463 e. The first-order valence-corrected chi connectivity index (χ1v) is 7.97. The molecule has 21 heavy (non-hydrogen) atoms. The molecule has 0 radical (unpaired) electrons. The van der Waals surface area contributed by atoms with Crippen LogP contribution in [0, 0.1) is 6.92 Å². The van der Waals surface area contributed by atoms with Crippen LogP contribution in [0.1, 0.15) is 15.6 Å². The minimum atomic E-state index is 0.899. The van der Waals surface area contributed by atoms with Gasteiger partial charge in [0.2, 0.25) is 0 Å². The number of imidazole rings is 1. The molecule has 0 N–H and O–H groups in total. The van der Waals surface area contributed by atoms with Crippen LogP contribution in [0.25, 0.3) is 11.5 Å². The van der Waals surface area contributed by atoms with E-state index in [2.05, 4.69) is 33.5 Å². The maximum Gasteiger partial charge on any atom is 0.151 e. The Morgan fingerprint density at radius 3 is 3.00 bits per heavy atom. The van der Waals surface area contributed by atoms with Crippen LogP contribution in [0.3, 0.4) is 0 Å². The van der Waals surface area contributed by atoms with Gasteiger partial charge in [-0.3, -0.25) is 4.90 Å². The first-order chi connectivity index (χ1) is 10.3. The van der Waals surface area contributed by atoms with E-state index < -0.39 is 0 Å². The SMILES string of the molecule is Cc1ccc(CN2CCn3c(-c4ccco4)cnc3C2)s1. The standard InChI is InChI=1S/C16H17N3OS/c1-12-4-5-13(21-12)10-18-6-7-19-14(9-17-16(19)11-18)15-3-2-8-20-15/h2-5,8-9H,6-7,10-11H2,1H3. The number of hydrogen-bond acceptors (Lipinski definition) is 4. The summed E-state index contributed by atoms with van der Waals surface area (Å²) in [6.07, 6.45) is 3.64. The smallest absolute Gasteiger partial charge is 0.151 e. The van der Waals surface area contributed by atoms with Crippen molar-refractivity contribution in [2.24, 2.45) is 0 Å². The molecule has 3 aromatic heterocycles. The summed E-state index contributed by atoms with van der Waals surface area (Å²) in [5.41, 5.74) is 1.08. The van der Waals surface area contributed by atoms with Crippen LogP contribution in [-0.2, 0) is 19.6 Å². The highest BCUT2D eigenvalue weighted by Gasteiger charge is 2.21. The molecule has 0 atom stereocenters. The number of nitrogens with zero attached hydrogens (tertiary/aromatic N) is 3. The van der Waals surface area contributed by atoms with E-state index in [9.17, 15) is 0 Å². The summed E-state index contributed by atoms with van der Waals surface area (Å²) in [5.74, 6) is 2.03. The first-order valence-electron chi connectivity index (χ1n) is 7.15. The zero-order chi connectivity index (χ0) is 14.2. The van der Waals surface area contributed by atoms with Crippen LogP contribution in [0.5, 0.6) is 0 Å². The highest BCUT2D eigenvalue weighted by atomic mass is 32.1. The van der Waals surface area contributed by atoms with Crippen molar-refractivity contribution < 1.29 is 4.42 Å². The second kappa shape index (κ2) is 5.16. The lowest BCUT2D eigenvalue weighted by molar-refractivity contribution is 0.211. The molecule has 0 aliphatic carbocycles. The quantitative estimate of drug-likeness (QED) is 0.742. The topological polar surface area (TPSA) is 34.2 Å². The molecule has 0 saturated carbocycles. The monoisotopic (exact) mass is 299 g/mol. The molecule has 0 aromatic carbocycles. The molecule has 0 bridgehead atoms. The molecule has 0 unspecified atom stereocenters. The van der Waals surface area contributed by atoms with E-state index in [1.54, 1.807) is 6.26 Å². The number of fused-ring (bicyclic) bond motifs is 1. The Hall–Kier alpha value is -1.85. The van der Waals surface area contributed by atoms with Gasteiger partial charge < -0.3 is 8.98 Å². The Morgan fingerprint density at radius 1 is 1.29 bits per heavy atom. The number of aromatic nitrogens is 2. The summed E-state index contributed by atoms with van der Waals surface area (Å²) in [4.78, 5) is 9.84. The third-order valence-electron chi connectivity index (χ3n) is 3.89. The van der Waals surface area contributed by atoms with E-state index in [0.717, 1.165) is 43.5 Å². The molecular formula is C16H17N3OS. The predicted octanol–water partition coefficient (Wildman–Crippen LogP) is 3.53. The van der Waals surface area contributed by atoms with Crippen LogP contribution in [0.2, 0.25) is 0 Å². The second-order valence-corrected chi connectivity index (χ2v) is 6.78. The Bertz CT molecular complexity index is 742. The van der Waals surface area contributed by atoms with Gasteiger partial charge in [-0.15, -0.1) is 11.3 Å². The van der Waals surface area contributed by atoms with Crippen molar-refractivity contribution in [3.05, 3.63) is 52.3 Å². The summed E-state index contributed by atoms with van der Waals surface area (Å²) < 4.78 is 7.77. The molecule has 4 rings (SSSR count). The number of thiophene rings is 1. The lowest BCUT2D eigenvalue weighted by Gasteiger charge is -2.27. The van der Waals surface area contributed by atoms with Crippen molar-refractivity contribution >= 4 is 11.3 Å². The Kier molecular flexibility index (Phi) is 3.16. The molecule has 1 aliphatic heterocycles. The molecule has 0 spiro atoms. The lowest BCUT2D eigenvalue weighted by Crippen LogP contribution is -2.33. The molecule has 4 nitrogen and oxygen atoms in total. The average molecular weight is 299 g/mol. The van der Waals surface area contributed by atoms with Crippen LogP contribution >= 0.6 is 11.3 Å². The van der Waals surface area contributed by atoms with Crippen molar-refractivity contribution in [1.29, 1.82) is 0 Å². The van der Waals surface area contributed by atoms with E-state index in [1.807, 2.05) is 29.7 Å². The zero-order valence-electron chi connectivity index (χ0n) is 12.0. The fourth-order valence-electron chi connectivity index (χ4n) is 2.86. The van der Waals surface area contributed by atoms with E-state index in [1.165, 1.54) is 9.75 Å². The maximum absolute atomic E-state index is 5.50. The fraction of sp³-hybridized carbons (Fsp3) is 0.312. The fourth-order valence-corrected chi connectivity index (χ4v) is 3.79. The van der Waals surface area contributed by atoms with E-state index in [4.69, 9.17) is 4.42 Å². The molecule has 1 aliphatic rings. The van der Waals surface area contributed by atoms with Gasteiger partial charge >= 0.3 is 0 Å². The number of furan rings is 1. The molecule has 4 heterocycles. The Balaban J connectivity index is 1.53. The summed E-state index contributed by atoms with van der Waals surface area (Å²) in [6.45, 7) is 6.09. The minimum absolute atomic E-state index is 0.899. The van der Waals surface area contributed by atoms with Crippen LogP contribution in [0.4, 0.5) is 0 Å². The molecule has 108 valence electrons. The van der Waals surface area contributed by atoms with Gasteiger partial charge in [0.05, 0.1) is 19.0 Å². The minimum Gasteiger partial charge on any atom is -0.463 e. The zero-order valence-corrected chi connectivity index (χ0v) is 12.8. The third kappa shape index (κ3) is 2.43. The summed E-state index contributed by atoms with van der Waals surface area (Å²) in [7, 11) is 0. The van der Waals surface area contributed by atoms with E-state index in [-0.39, 0.29) is 0 Å². The molecular weight excluding hydrogens is 282 g/mol. The highest BCUT2D eigenvalue weighted by molar-refractivity contribution is 7.11. The van der Waals surface area contributed by atoms with Crippen LogP contribution in [0.15, 0.2) is 41.1 Å². The van der Waals surface area contributed by atoms with Gasteiger partial charge in [0, 0.05) is 29.4 Å². The number of rotatable bonds is 3. The first kappa shape index (κ1) is 12.9. The summed E-state index contributed by atoms with van der Waals surface area (Å²) >= 11 is 1.88. The third-order valence-corrected chi connectivity index (χ3v) is 4.88. The van der Waals surface area contributed by atoms with Gasteiger partial charge in [-0.2, -0.15) is 0 Å². The maximum atomic E-state index is 5.50. The molecule has 0 amide bonds. The molecule has 5 heteroatoms. The van der Waals surface area contributed by atoms with Gasteiger partial charge in [-0.1, -0.05) is 0 Å². The van der Waals surface area contributed by atoms with Crippen LogP contribution in [-0.4, -0.2) is 21.0 Å². The van der Waals surface area contributed by atoms with Gasteiger partial charge in [-0.25, -0.2) is 4.98 Å². The van der Waals surface area contributed by atoms with Gasteiger partial charge in [-0.05, 0) is 31.2 Å². The lowest BCUT2D eigenvalue weighted by atomic mass is 10.3. The normalized spacial score (nSPS) is 15.3. The van der Waals surface area contributed by atoms with Crippen molar-refractivity contribution in [2.75, 3.05) is 6.54 Å². The molecule has 0 fully saturated rings. The van der Waals surface area contributed by atoms with Crippen molar-refractivity contribution in [1.82, 2.24) is 14.5 Å². The Morgan fingerprint density at radius 2 is 2.24 bits per heavy atom.